The fourth-order valence-corrected chi connectivity index (χ4v) is 4.66. The van der Waals surface area contributed by atoms with Gasteiger partial charge in [-0.3, -0.25) is 4.79 Å². The molecule has 2 N–H and O–H groups in total. The minimum absolute atomic E-state index is 0.172. The van der Waals surface area contributed by atoms with Crippen molar-refractivity contribution in [1.29, 1.82) is 0 Å². The van der Waals surface area contributed by atoms with Gasteiger partial charge in [-0.05, 0) is 72.7 Å². The molecule has 0 fully saturated rings. The Bertz CT molecular complexity index is 1620. The van der Waals surface area contributed by atoms with Crippen LogP contribution >= 0.6 is 0 Å². The number of benzene rings is 3. The second-order valence-electron chi connectivity index (χ2n) is 7.61. The van der Waals surface area contributed by atoms with Crippen molar-refractivity contribution in [2.45, 2.75) is 4.90 Å². The van der Waals surface area contributed by atoms with E-state index in [1.54, 1.807) is 60.8 Å². The van der Waals surface area contributed by atoms with Crippen LogP contribution in [0.4, 0.5) is 11.4 Å². The van der Waals surface area contributed by atoms with Gasteiger partial charge in [-0.2, -0.15) is 8.42 Å². The van der Waals surface area contributed by atoms with Gasteiger partial charge in [0.25, 0.3) is 15.9 Å². The number of hydrogen-bond acceptors (Lipinski definition) is 5. The predicted molar refractivity (Wildman–Crippen MR) is 135 cm³/mol. The van der Waals surface area contributed by atoms with E-state index in [0.29, 0.717) is 28.2 Å². The molecule has 4 aromatic rings. The van der Waals surface area contributed by atoms with Gasteiger partial charge in [0.15, 0.2) is 5.84 Å². The molecule has 0 unspecified atom stereocenters. The first-order chi connectivity index (χ1) is 17.0. The summed E-state index contributed by atoms with van der Waals surface area (Å²) in [6.45, 7) is 0. The lowest BCUT2D eigenvalue weighted by atomic mass is 10.1. The Morgan fingerprint density at radius 3 is 2.40 bits per heavy atom. The van der Waals surface area contributed by atoms with Gasteiger partial charge in [0.05, 0.1) is 0 Å². The molecule has 5 rings (SSSR count). The summed E-state index contributed by atoms with van der Waals surface area (Å²) in [6, 6.07) is 26.1. The first-order valence-corrected chi connectivity index (χ1v) is 12.1. The van der Waals surface area contributed by atoms with Crippen LogP contribution in [0, 0.1) is 11.8 Å². The lowest BCUT2D eigenvalue weighted by Crippen LogP contribution is -2.13. The number of amidine groups is 1. The zero-order valence-electron chi connectivity index (χ0n) is 18.3. The van der Waals surface area contributed by atoms with Crippen molar-refractivity contribution in [2.24, 2.45) is 4.40 Å². The molecule has 1 aliphatic rings. The second kappa shape index (κ2) is 9.25. The van der Waals surface area contributed by atoms with E-state index >= 15 is 0 Å². The molecule has 170 valence electrons. The number of nitrogens with one attached hydrogen (secondary N) is 2. The average Bonchev–Trinajstić information content (AvgIpc) is 3.14. The van der Waals surface area contributed by atoms with Crippen LogP contribution in [0.2, 0.25) is 0 Å². The number of nitrogens with zero attached hydrogens (tertiary/aromatic N) is 2. The van der Waals surface area contributed by atoms with Crippen LogP contribution in [0.5, 0.6) is 0 Å². The molecule has 0 spiro atoms. The third kappa shape index (κ3) is 4.95. The molecule has 0 aliphatic carbocycles. The fraction of sp³-hybridized carbons (Fsp3) is 0. The predicted octanol–water partition coefficient (Wildman–Crippen LogP) is 4.29. The first kappa shape index (κ1) is 22.1. The normalized spacial score (nSPS) is 13.1. The number of carbonyl (C=O) groups is 1. The number of carbonyl (C=O) groups excluding carboxylic acids is 1. The number of pyridine rings is 1. The van der Waals surface area contributed by atoms with E-state index in [9.17, 15) is 13.2 Å². The van der Waals surface area contributed by atoms with Crippen LogP contribution in [-0.2, 0) is 10.0 Å². The van der Waals surface area contributed by atoms with Crippen molar-refractivity contribution in [3.8, 4) is 11.8 Å². The maximum Gasteiger partial charge on any atom is 0.285 e. The lowest BCUT2D eigenvalue weighted by Gasteiger charge is -2.09. The molecule has 0 saturated carbocycles. The number of rotatable bonds is 3. The van der Waals surface area contributed by atoms with Crippen molar-refractivity contribution >= 4 is 33.1 Å². The Labute approximate surface area is 202 Å². The highest BCUT2D eigenvalue weighted by Gasteiger charge is 2.28. The van der Waals surface area contributed by atoms with Gasteiger partial charge in [-0.25, -0.2) is 4.98 Å². The molecule has 0 radical (unpaired) electrons. The molecule has 35 heavy (non-hydrogen) atoms. The summed E-state index contributed by atoms with van der Waals surface area (Å²) in [5.41, 5.74) is 3.61. The number of anilines is 2. The Morgan fingerprint density at radius 2 is 1.60 bits per heavy atom. The molecule has 0 bridgehead atoms. The quantitative estimate of drug-likeness (QED) is 0.428. The van der Waals surface area contributed by atoms with E-state index in [0.717, 1.165) is 5.56 Å². The molecule has 1 amide bonds. The SMILES string of the molecule is O=C(Nc1cccc(C#Cc2ccccn2)c1)c1ccc(NC2=NS(=O)(=O)c3ccccc32)cc1. The Kier molecular flexibility index (Phi) is 5.83. The third-order valence-corrected chi connectivity index (χ3v) is 6.50. The van der Waals surface area contributed by atoms with Crippen molar-refractivity contribution in [2.75, 3.05) is 10.6 Å². The lowest BCUT2D eigenvalue weighted by molar-refractivity contribution is 0.102. The van der Waals surface area contributed by atoms with Crippen LogP contribution in [-0.4, -0.2) is 25.1 Å². The average molecular weight is 479 g/mol. The van der Waals surface area contributed by atoms with Crippen molar-refractivity contribution in [1.82, 2.24) is 4.98 Å². The third-order valence-electron chi connectivity index (χ3n) is 5.16. The molecular formula is C27H18N4O3S. The van der Waals surface area contributed by atoms with E-state index in [2.05, 4.69) is 31.9 Å². The summed E-state index contributed by atoms with van der Waals surface area (Å²) >= 11 is 0. The summed E-state index contributed by atoms with van der Waals surface area (Å²) in [6.07, 6.45) is 1.68. The molecule has 3 aromatic carbocycles. The Hall–Kier alpha value is -4.74. The summed E-state index contributed by atoms with van der Waals surface area (Å²) in [5.74, 6) is 6.01. The van der Waals surface area contributed by atoms with E-state index in [1.807, 2.05) is 30.3 Å². The van der Waals surface area contributed by atoms with Gasteiger partial charge in [0, 0.05) is 34.3 Å². The van der Waals surface area contributed by atoms with Crippen LogP contribution in [0.15, 0.2) is 106 Å². The summed E-state index contributed by atoms with van der Waals surface area (Å²) in [7, 11) is -3.71. The largest absolute Gasteiger partial charge is 0.339 e. The molecule has 2 heterocycles. The highest BCUT2D eigenvalue weighted by Crippen LogP contribution is 2.26. The van der Waals surface area contributed by atoms with E-state index in [4.69, 9.17) is 0 Å². The van der Waals surface area contributed by atoms with Gasteiger partial charge >= 0.3 is 0 Å². The molecule has 0 saturated heterocycles. The molecule has 8 heteroatoms. The Morgan fingerprint density at radius 1 is 0.800 bits per heavy atom. The van der Waals surface area contributed by atoms with E-state index in [1.165, 1.54) is 6.07 Å². The number of amides is 1. The number of aromatic nitrogens is 1. The van der Waals surface area contributed by atoms with Crippen molar-refractivity contribution < 1.29 is 13.2 Å². The number of sulfonamides is 1. The fourth-order valence-electron chi connectivity index (χ4n) is 3.49. The summed E-state index contributed by atoms with van der Waals surface area (Å²) in [5, 5.41) is 5.89. The maximum absolute atomic E-state index is 12.7. The number of fused-ring (bicyclic) bond motifs is 1. The number of hydrogen-bond donors (Lipinski definition) is 2. The second-order valence-corrected chi connectivity index (χ2v) is 9.19. The highest BCUT2D eigenvalue weighted by molar-refractivity contribution is 7.90. The molecule has 7 nitrogen and oxygen atoms in total. The van der Waals surface area contributed by atoms with Crippen molar-refractivity contribution in [3.05, 3.63) is 120 Å². The minimum atomic E-state index is -3.71. The summed E-state index contributed by atoms with van der Waals surface area (Å²) < 4.78 is 28.3. The minimum Gasteiger partial charge on any atom is -0.339 e. The van der Waals surface area contributed by atoms with Gasteiger partial charge in [-0.1, -0.05) is 30.2 Å². The van der Waals surface area contributed by atoms with Crippen molar-refractivity contribution in [3.63, 3.8) is 0 Å². The molecule has 1 aromatic heterocycles. The van der Waals surface area contributed by atoms with E-state index in [-0.39, 0.29) is 16.6 Å². The molecule has 0 atom stereocenters. The Balaban J connectivity index is 1.27. The topological polar surface area (TPSA) is 101 Å². The molecule has 1 aliphatic heterocycles. The zero-order chi connectivity index (χ0) is 24.3. The highest BCUT2D eigenvalue weighted by atomic mass is 32.2. The zero-order valence-corrected chi connectivity index (χ0v) is 19.1. The van der Waals surface area contributed by atoms with E-state index < -0.39 is 10.0 Å². The van der Waals surface area contributed by atoms with Crippen LogP contribution < -0.4 is 10.6 Å². The van der Waals surface area contributed by atoms with Gasteiger partial charge < -0.3 is 10.6 Å². The van der Waals surface area contributed by atoms with Gasteiger partial charge in [0.1, 0.15) is 10.6 Å². The van der Waals surface area contributed by atoms with Crippen LogP contribution in [0.25, 0.3) is 0 Å². The maximum atomic E-state index is 12.7. The standard InChI is InChI=1S/C27H18N4O3S/c32-27(30-23-8-5-6-19(18-23)11-14-21-7-3-4-17-28-21)20-12-15-22(16-13-20)29-26-24-9-1-2-10-25(24)35(33,34)31-26/h1-10,12-13,15-18H,(H,29,31)(H,30,32). The monoisotopic (exact) mass is 478 g/mol. The van der Waals surface area contributed by atoms with Gasteiger partial charge in [0.2, 0.25) is 0 Å². The van der Waals surface area contributed by atoms with Crippen LogP contribution in [0.3, 0.4) is 0 Å². The van der Waals surface area contributed by atoms with Crippen LogP contribution in [0.1, 0.15) is 27.2 Å². The molecular weight excluding hydrogens is 460 g/mol. The smallest absolute Gasteiger partial charge is 0.285 e. The summed E-state index contributed by atoms with van der Waals surface area (Å²) in [4.78, 5) is 17.1. The first-order valence-electron chi connectivity index (χ1n) is 10.6. The van der Waals surface area contributed by atoms with Gasteiger partial charge in [-0.15, -0.1) is 4.40 Å².